The van der Waals surface area contributed by atoms with E-state index in [-0.39, 0.29) is 18.4 Å². The molecular weight excluding hydrogens is 234 g/mol. The van der Waals surface area contributed by atoms with E-state index in [1.165, 1.54) is 19.3 Å². The van der Waals surface area contributed by atoms with Crippen LogP contribution in [-0.4, -0.2) is 29.4 Å². The lowest BCUT2D eigenvalue weighted by atomic mass is 9.86. The largest absolute Gasteiger partial charge is 0.343 e. The van der Waals surface area contributed by atoms with E-state index in [1.807, 2.05) is 0 Å². The molecule has 3 atom stereocenters. The number of hydrogen-bond acceptors (Lipinski definition) is 3. The van der Waals surface area contributed by atoms with E-state index in [4.69, 9.17) is 0 Å². The lowest BCUT2D eigenvalue weighted by molar-refractivity contribution is -0.126. The van der Waals surface area contributed by atoms with E-state index in [2.05, 4.69) is 10.7 Å². The first-order valence-corrected chi connectivity index (χ1v) is 6.52. The molecule has 6 heteroatoms. The number of rotatable bonds is 3. The maximum absolute atomic E-state index is 11.8. The number of carbonyl (C=O) groups is 3. The monoisotopic (exact) mass is 251 g/mol. The summed E-state index contributed by atoms with van der Waals surface area (Å²) in [6, 6.07) is -0.540. The Balaban J connectivity index is 1.50. The molecule has 2 N–H and O–H groups in total. The van der Waals surface area contributed by atoms with Gasteiger partial charge in [0.05, 0.1) is 0 Å². The smallest absolute Gasteiger partial charge is 0.275 e. The van der Waals surface area contributed by atoms with Gasteiger partial charge >= 0.3 is 6.03 Å². The molecular formula is C12H17N3O3. The van der Waals surface area contributed by atoms with Crippen LogP contribution in [0.5, 0.6) is 0 Å². The number of amides is 4. The van der Waals surface area contributed by atoms with Crippen LogP contribution < -0.4 is 10.7 Å². The first-order chi connectivity index (χ1) is 8.61. The summed E-state index contributed by atoms with van der Waals surface area (Å²) < 4.78 is 0. The predicted molar refractivity (Wildman–Crippen MR) is 61.9 cm³/mol. The van der Waals surface area contributed by atoms with Crippen LogP contribution in [0.15, 0.2) is 0 Å². The van der Waals surface area contributed by atoms with Crippen LogP contribution in [0.1, 0.15) is 32.1 Å². The van der Waals surface area contributed by atoms with Crippen molar-refractivity contribution in [3.63, 3.8) is 0 Å². The van der Waals surface area contributed by atoms with Gasteiger partial charge in [0.2, 0.25) is 11.8 Å². The van der Waals surface area contributed by atoms with Gasteiger partial charge in [0.1, 0.15) is 6.54 Å². The fourth-order valence-corrected chi connectivity index (χ4v) is 3.59. The number of hydrazine groups is 1. The maximum atomic E-state index is 11.8. The summed E-state index contributed by atoms with van der Waals surface area (Å²) in [6.45, 7) is -0.0821. The highest BCUT2D eigenvalue weighted by atomic mass is 16.2. The van der Waals surface area contributed by atoms with Gasteiger partial charge in [-0.15, -0.1) is 0 Å². The van der Waals surface area contributed by atoms with E-state index < -0.39 is 6.03 Å². The van der Waals surface area contributed by atoms with Gasteiger partial charge in [-0.1, -0.05) is 6.42 Å². The normalized spacial score (nSPS) is 34.0. The zero-order chi connectivity index (χ0) is 12.7. The molecule has 0 aromatic carbocycles. The number of carbonyl (C=O) groups excluding carboxylic acids is 3. The quantitative estimate of drug-likeness (QED) is 0.712. The van der Waals surface area contributed by atoms with Crippen LogP contribution in [0.4, 0.5) is 4.79 Å². The van der Waals surface area contributed by atoms with Gasteiger partial charge in [-0.3, -0.25) is 20.3 Å². The molecule has 1 saturated heterocycles. The van der Waals surface area contributed by atoms with Gasteiger partial charge in [-0.05, 0) is 37.0 Å². The summed E-state index contributed by atoms with van der Waals surface area (Å²) in [4.78, 5) is 34.1. The number of nitrogens with zero attached hydrogens (tertiary/aromatic N) is 1. The molecule has 3 unspecified atom stereocenters. The van der Waals surface area contributed by atoms with Crippen LogP contribution in [0.3, 0.4) is 0 Å². The van der Waals surface area contributed by atoms with Crippen molar-refractivity contribution in [3.05, 3.63) is 0 Å². The molecule has 0 aromatic heterocycles. The van der Waals surface area contributed by atoms with Crippen molar-refractivity contribution in [1.29, 1.82) is 0 Å². The van der Waals surface area contributed by atoms with Crippen LogP contribution >= 0.6 is 0 Å². The topological polar surface area (TPSA) is 78.5 Å². The Morgan fingerprint density at radius 3 is 2.72 bits per heavy atom. The predicted octanol–water partition coefficient (Wildman–Crippen LogP) is 0.396. The summed E-state index contributed by atoms with van der Waals surface area (Å²) in [5.41, 5.74) is 2.51. The molecule has 18 heavy (non-hydrogen) atoms. The molecule has 0 spiro atoms. The van der Waals surface area contributed by atoms with Crippen LogP contribution in [0.2, 0.25) is 0 Å². The Hall–Kier alpha value is -1.59. The van der Waals surface area contributed by atoms with Gasteiger partial charge in [0.15, 0.2) is 0 Å². The van der Waals surface area contributed by atoms with E-state index in [0.29, 0.717) is 18.3 Å². The summed E-state index contributed by atoms with van der Waals surface area (Å²) >= 11 is 0. The van der Waals surface area contributed by atoms with Gasteiger partial charge in [-0.25, -0.2) is 9.80 Å². The maximum Gasteiger partial charge on any atom is 0.343 e. The van der Waals surface area contributed by atoms with Crippen molar-refractivity contribution in [2.45, 2.75) is 32.1 Å². The molecule has 0 aromatic rings. The molecule has 3 fully saturated rings. The molecule has 6 nitrogen and oxygen atoms in total. The highest BCUT2D eigenvalue weighted by molar-refractivity contribution is 6.02. The summed E-state index contributed by atoms with van der Waals surface area (Å²) in [5.74, 6) is 1.43. The SMILES string of the molecule is O=C1CN(NC(=O)CC2CC3CCC2C3)C(=O)N1. The molecule has 3 rings (SSSR count). The minimum Gasteiger partial charge on any atom is -0.275 e. The third-order valence-electron chi connectivity index (χ3n) is 4.39. The summed E-state index contributed by atoms with van der Waals surface area (Å²) in [7, 11) is 0. The zero-order valence-corrected chi connectivity index (χ0v) is 10.1. The van der Waals surface area contributed by atoms with Crippen LogP contribution in [0.25, 0.3) is 0 Å². The fraction of sp³-hybridized carbons (Fsp3) is 0.750. The highest BCUT2D eigenvalue weighted by Gasteiger charge is 2.40. The number of imide groups is 1. The summed E-state index contributed by atoms with van der Waals surface area (Å²) in [6.07, 6.45) is 5.43. The molecule has 2 aliphatic carbocycles. The van der Waals surface area contributed by atoms with Crippen molar-refractivity contribution >= 4 is 17.8 Å². The number of nitrogens with one attached hydrogen (secondary N) is 2. The van der Waals surface area contributed by atoms with E-state index in [1.54, 1.807) is 0 Å². The molecule has 0 radical (unpaired) electrons. The molecule has 2 bridgehead atoms. The average molecular weight is 251 g/mol. The van der Waals surface area contributed by atoms with Crippen LogP contribution in [-0.2, 0) is 9.59 Å². The van der Waals surface area contributed by atoms with Crippen molar-refractivity contribution in [2.75, 3.05) is 6.54 Å². The highest BCUT2D eigenvalue weighted by Crippen LogP contribution is 2.49. The van der Waals surface area contributed by atoms with E-state index in [9.17, 15) is 14.4 Å². The van der Waals surface area contributed by atoms with Crippen molar-refractivity contribution in [1.82, 2.24) is 15.8 Å². The number of hydrogen-bond donors (Lipinski definition) is 2. The molecule has 2 saturated carbocycles. The third kappa shape index (κ3) is 2.07. The van der Waals surface area contributed by atoms with E-state index in [0.717, 1.165) is 17.3 Å². The Labute approximate surface area is 105 Å². The number of fused-ring (bicyclic) bond motifs is 2. The Kier molecular flexibility index (Phi) is 2.72. The van der Waals surface area contributed by atoms with Gasteiger partial charge < -0.3 is 0 Å². The first kappa shape index (κ1) is 11.5. The first-order valence-electron chi connectivity index (χ1n) is 6.52. The van der Waals surface area contributed by atoms with Crippen molar-refractivity contribution < 1.29 is 14.4 Å². The van der Waals surface area contributed by atoms with Crippen LogP contribution in [0, 0.1) is 17.8 Å². The molecule has 1 heterocycles. The molecule has 98 valence electrons. The van der Waals surface area contributed by atoms with Gasteiger partial charge in [0, 0.05) is 6.42 Å². The number of urea groups is 1. The summed E-state index contributed by atoms with van der Waals surface area (Å²) in [5, 5.41) is 3.18. The molecule has 3 aliphatic rings. The zero-order valence-electron chi connectivity index (χ0n) is 10.1. The Morgan fingerprint density at radius 2 is 2.17 bits per heavy atom. The third-order valence-corrected chi connectivity index (χ3v) is 4.39. The fourth-order valence-electron chi connectivity index (χ4n) is 3.59. The molecule has 1 aliphatic heterocycles. The minimum atomic E-state index is -0.540. The lowest BCUT2D eigenvalue weighted by Crippen LogP contribution is -2.44. The minimum absolute atomic E-state index is 0.0821. The second-order valence-electron chi connectivity index (χ2n) is 5.61. The van der Waals surface area contributed by atoms with Gasteiger partial charge in [-0.2, -0.15) is 0 Å². The Morgan fingerprint density at radius 1 is 1.33 bits per heavy atom. The Bertz CT molecular complexity index is 409. The van der Waals surface area contributed by atoms with Crippen molar-refractivity contribution in [3.8, 4) is 0 Å². The second kappa shape index (κ2) is 4.26. The average Bonchev–Trinajstić information content (AvgIpc) is 2.95. The lowest BCUT2D eigenvalue weighted by Gasteiger charge is -2.22. The standard InChI is InChI=1S/C12H17N3O3/c16-10(14-15-6-11(17)13-12(15)18)5-9-4-7-1-2-8(9)3-7/h7-9H,1-6H2,(H,14,16)(H,13,17,18). The van der Waals surface area contributed by atoms with Gasteiger partial charge in [0.25, 0.3) is 0 Å². The van der Waals surface area contributed by atoms with E-state index >= 15 is 0 Å². The van der Waals surface area contributed by atoms with Crippen molar-refractivity contribution in [2.24, 2.45) is 17.8 Å². The second-order valence-corrected chi connectivity index (χ2v) is 5.61. The molecule has 4 amide bonds.